The zero-order valence-corrected chi connectivity index (χ0v) is 11.3. The summed E-state index contributed by atoms with van der Waals surface area (Å²) in [6.07, 6.45) is 4.09. The number of Topliss-reactive ketones (excluding diaryl/α,β-unsaturated/α-hetero) is 2. The molecule has 1 aromatic carbocycles. The summed E-state index contributed by atoms with van der Waals surface area (Å²) in [4.78, 5) is 23.3. The highest BCUT2D eigenvalue weighted by Crippen LogP contribution is 2.20. The Labute approximate surface area is 117 Å². The number of rotatable bonds is 3. The van der Waals surface area contributed by atoms with E-state index in [-0.39, 0.29) is 22.9 Å². The number of hydrogen-bond donors (Lipinski definition) is 2. The van der Waals surface area contributed by atoms with E-state index >= 15 is 0 Å². The summed E-state index contributed by atoms with van der Waals surface area (Å²) in [5.74, 6) is -0.820. The number of allylic oxidation sites excluding steroid dienone is 2. The molecule has 0 bridgehead atoms. The molecule has 1 aliphatic carbocycles. The third-order valence-electron chi connectivity index (χ3n) is 3.25. The number of para-hydroxylation sites is 1. The molecule has 2 rings (SSSR count). The van der Waals surface area contributed by atoms with Crippen molar-refractivity contribution in [2.24, 2.45) is 0 Å². The number of aliphatic hydroxyl groups excluding tert-OH is 1. The van der Waals surface area contributed by atoms with Crippen LogP contribution in [0, 0.1) is 6.92 Å². The molecule has 0 heterocycles. The monoisotopic (exact) mass is 271 g/mol. The minimum atomic E-state index is -0.278. The lowest BCUT2D eigenvalue weighted by atomic mass is 9.91. The lowest BCUT2D eigenvalue weighted by molar-refractivity contribution is -0.124. The van der Waals surface area contributed by atoms with Gasteiger partial charge in [-0.25, -0.2) is 0 Å². The molecule has 0 radical (unpaired) electrons. The van der Waals surface area contributed by atoms with Gasteiger partial charge in [-0.15, -0.1) is 0 Å². The minimum Gasteiger partial charge on any atom is -0.507 e. The average Bonchev–Trinajstić information content (AvgIpc) is 2.41. The maximum absolute atomic E-state index is 11.6. The van der Waals surface area contributed by atoms with E-state index in [1.165, 1.54) is 12.3 Å². The predicted octanol–water partition coefficient (Wildman–Crippen LogP) is 3.05. The molecule has 1 aromatic rings. The van der Waals surface area contributed by atoms with Crippen molar-refractivity contribution in [2.75, 3.05) is 5.32 Å². The molecule has 4 nitrogen and oxygen atoms in total. The van der Waals surface area contributed by atoms with Crippen molar-refractivity contribution < 1.29 is 14.7 Å². The SMILES string of the molecule is Cc1ccccc1N/C=C\C(O)=C1C(=O)CCCC1=O. The Morgan fingerprint density at radius 3 is 2.50 bits per heavy atom. The van der Waals surface area contributed by atoms with Crippen LogP contribution in [0.2, 0.25) is 0 Å². The average molecular weight is 271 g/mol. The molecule has 0 spiro atoms. The molecule has 20 heavy (non-hydrogen) atoms. The van der Waals surface area contributed by atoms with Crippen LogP contribution in [0.15, 0.2) is 47.9 Å². The number of aliphatic hydroxyl groups is 1. The van der Waals surface area contributed by atoms with Crippen LogP contribution in [0.1, 0.15) is 24.8 Å². The molecule has 2 N–H and O–H groups in total. The number of carbonyl (C=O) groups is 2. The zero-order chi connectivity index (χ0) is 14.5. The Balaban J connectivity index is 2.12. The Kier molecular flexibility index (Phi) is 4.35. The maximum Gasteiger partial charge on any atom is 0.170 e. The molecular weight excluding hydrogens is 254 g/mol. The number of hydrogen-bond acceptors (Lipinski definition) is 4. The van der Waals surface area contributed by atoms with Gasteiger partial charge in [0.25, 0.3) is 0 Å². The smallest absolute Gasteiger partial charge is 0.170 e. The quantitative estimate of drug-likeness (QED) is 0.504. The molecule has 1 fully saturated rings. The number of nitrogens with one attached hydrogen (secondary N) is 1. The third kappa shape index (κ3) is 3.15. The first-order chi connectivity index (χ1) is 9.59. The van der Waals surface area contributed by atoms with E-state index in [1.807, 2.05) is 31.2 Å². The van der Waals surface area contributed by atoms with Crippen molar-refractivity contribution in [2.45, 2.75) is 26.2 Å². The van der Waals surface area contributed by atoms with Crippen molar-refractivity contribution in [3.8, 4) is 0 Å². The Morgan fingerprint density at radius 2 is 1.85 bits per heavy atom. The summed E-state index contributed by atoms with van der Waals surface area (Å²) in [6.45, 7) is 1.96. The van der Waals surface area contributed by atoms with Crippen LogP contribution >= 0.6 is 0 Å². The predicted molar refractivity (Wildman–Crippen MR) is 77.5 cm³/mol. The molecule has 4 heteroatoms. The molecule has 0 amide bonds. The van der Waals surface area contributed by atoms with E-state index in [2.05, 4.69) is 5.32 Å². The van der Waals surface area contributed by atoms with Gasteiger partial charge in [0, 0.05) is 24.7 Å². The maximum atomic E-state index is 11.6. The molecule has 0 aromatic heterocycles. The van der Waals surface area contributed by atoms with Crippen LogP contribution in [0.25, 0.3) is 0 Å². The van der Waals surface area contributed by atoms with Gasteiger partial charge in [0.15, 0.2) is 11.6 Å². The highest BCUT2D eigenvalue weighted by Gasteiger charge is 2.25. The zero-order valence-electron chi connectivity index (χ0n) is 11.3. The normalized spacial score (nSPS) is 15.8. The summed E-state index contributed by atoms with van der Waals surface area (Å²) >= 11 is 0. The van der Waals surface area contributed by atoms with Crippen molar-refractivity contribution in [1.29, 1.82) is 0 Å². The first-order valence-electron chi connectivity index (χ1n) is 6.58. The summed E-state index contributed by atoms with van der Waals surface area (Å²) in [7, 11) is 0. The Hall–Kier alpha value is -2.36. The fourth-order valence-corrected chi connectivity index (χ4v) is 2.13. The topological polar surface area (TPSA) is 66.4 Å². The lowest BCUT2D eigenvalue weighted by Crippen LogP contribution is -2.20. The van der Waals surface area contributed by atoms with Crippen molar-refractivity contribution in [1.82, 2.24) is 0 Å². The van der Waals surface area contributed by atoms with Gasteiger partial charge in [0.05, 0.1) is 0 Å². The fraction of sp³-hybridized carbons (Fsp3) is 0.250. The van der Waals surface area contributed by atoms with Gasteiger partial charge >= 0.3 is 0 Å². The fourth-order valence-electron chi connectivity index (χ4n) is 2.13. The number of ketones is 2. The first-order valence-corrected chi connectivity index (χ1v) is 6.58. The van der Waals surface area contributed by atoms with Crippen LogP contribution in [0.5, 0.6) is 0 Å². The number of anilines is 1. The van der Waals surface area contributed by atoms with E-state index < -0.39 is 0 Å². The molecule has 0 saturated heterocycles. The molecule has 104 valence electrons. The first kappa shape index (κ1) is 14.1. The second-order valence-corrected chi connectivity index (χ2v) is 4.75. The van der Waals surface area contributed by atoms with Crippen molar-refractivity contribution in [3.63, 3.8) is 0 Å². The van der Waals surface area contributed by atoms with Crippen LogP contribution in [0.4, 0.5) is 5.69 Å². The summed E-state index contributed by atoms with van der Waals surface area (Å²) < 4.78 is 0. The van der Waals surface area contributed by atoms with Crippen LogP contribution in [-0.2, 0) is 9.59 Å². The standard InChI is InChI=1S/C16H17NO3/c1-11-5-2-3-6-12(11)17-10-9-15(20)16-13(18)7-4-8-14(16)19/h2-3,5-6,9-10,17,20H,4,7-8H2,1H3/b10-9-. The van der Waals surface area contributed by atoms with Gasteiger partial charge in [0.1, 0.15) is 11.3 Å². The van der Waals surface area contributed by atoms with E-state index in [9.17, 15) is 14.7 Å². The van der Waals surface area contributed by atoms with Gasteiger partial charge in [-0.05, 0) is 31.1 Å². The van der Waals surface area contributed by atoms with Gasteiger partial charge in [-0.1, -0.05) is 18.2 Å². The van der Waals surface area contributed by atoms with E-state index in [1.54, 1.807) is 0 Å². The van der Waals surface area contributed by atoms with E-state index in [4.69, 9.17) is 0 Å². The highest BCUT2D eigenvalue weighted by atomic mass is 16.3. The van der Waals surface area contributed by atoms with Gasteiger partial charge < -0.3 is 10.4 Å². The molecular formula is C16H17NO3. The van der Waals surface area contributed by atoms with Gasteiger partial charge in [0.2, 0.25) is 0 Å². The molecule has 1 saturated carbocycles. The van der Waals surface area contributed by atoms with E-state index in [0.29, 0.717) is 19.3 Å². The second-order valence-electron chi connectivity index (χ2n) is 4.75. The number of carbonyl (C=O) groups excluding carboxylic acids is 2. The minimum absolute atomic E-state index is 0.0703. The lowest BCUT2D eigenvalue weighted by Gasteiger charge is -2.12. The third-order valence-corrected chi connectivity index (χ3v) is 3.25. The number of benzene rings is 1. The van der Waals surface area contributed by atoms with Crippen LogP contribution < -0.4 is 5.32 Å². The van der Waals surface area contributed by atoms with Gasteiger partial charge in [-0.2, -0.15) is 0 Å². The van der Waals surface area contributed by atoms with Crippen LogP contribution in [0.3, 0.4) is 0 Å². The Morgan fingerprint density at radius 1 is 1.20 bits per heavy atom. The van der Waals surface area contributed by atoms with Crippen LogP contribution in [-0.4, -0.2) is 16.7 Å². The van der Waals surface area contributed by atoms with Crippen molar-refractivity contribution >= 4 is 17.3 Å². The second kappa shape index (κ2) is 6.19. The molecule has 0 atom stereocenters. The molecule has 0 unspecified atom stereocenters. The summed E-state index contributed by atoms with van der Waals surface area (Å²) in [5.41, 5.74) is 1.90. The van der Waals surface area contributed by atoms with Crippen molar-refractivity contribution in [3.05, 3.63) is 53.4 Å². The number of aryl methyl sites for hydroxylation is 1. The highest BCUT2D eigenvalue weighted by molar-refractivity contribution is 6.22. The van der Waals surface area contributed by atoms with Gasteiger partial charge in [-0.3, -0.25) is 9.59 Å². The molecule has 0 aliphatic heterocycles. The largest absolute Gasteiger partial charge is 0.507 e. The van der Waals surface area contributed by atoms with E-state index in [0.717, 1.165) is 11.3 Å². The molecule has 1 aliphatic rings. The summed E-state index contributed by atoms with van der Waals surface area (Å²) in [6, 6.07) is 7.70. The summed E-state index contributed by atoms with van der Waals surface area (Å²) in [5, 5.41) is 12.9. The Bertz CT molecular complexity index is 581.